The van der Waals surface area contributed by atoms with Gasteiger partial charge in [0, 0.05) is 17.9 Å². The second-order valence-corrected chi connectivity index (χ2v) is 7.73. The number of carbonyl (C=O) groups excluding carboxylic acids is 2. The number of benzene rings is 2. The molecule has 7 nitrogen and oxygen atoms in total. The molecule has 0 spiro atoms. The predicted molar refractivity (Wildman–Crippen MR) is 115 cm³/mol. The highest BCUT2D eigenvalue weighted by atomic mass is 32.2. The van der Waals surface area contributed by atoms with Crippen LogP contribution in [0, 0.1) is 5.82 Å². The average Bonchev–Trinajstić information content (AvgIpc) is 3.14. The fraction of sp³-hybridized carbons (Fsp3) is 0.238. The minimum atomic E-state index is -4.51. The van der Waals surface area contributed by atoms with E-state index in [0.717, 1.165) is 23.9 Å². The number of thioether (sulfide) groups is 1. The Labute approximate surface area is 190 Å². The van der Waals surface area contributed by atoms with Gasteiger partial charge in [0.2, 0.25) is 11.8 Å². The van der Waals surface area contributed by atoms with E-state index in [0.29, 0.717) is 23.2 Å². The summed E-state index contributed by atoms with van der Waals surface area (Å²) in [6.45, 7) is 2.25. The maximum Gasteiger partial charge on any atom is 0.416 e. The average molecular weight is 481 g/mol. The number of aromatic nitrogens is 3. The van der Waals surface area contributed by atoms with Crippen LogP contribution in [-0.4, -0.2) is 32.3 Å². The van der Waals surface area contributed by atoms with Gasteiger partial charge in [0.25, 0.3) is 0 Å². The van der Waals surface area contributed by atoms with Crippen LogP contribution >= 0.6 is 11.8 Å². The molecule has 0 aliphatic rings. The van der Waals surface area contributed by atoms with Crippen molar-refractivity contribution in [1.82, 2.24) is 14.8 Å². The number of halogens is 4. The summed E-state index contributed by atoms with van der Waals surface area (Å²) in [5.41, 5.74) is -0.391. The van der Waals surface area contributed by atoms with Crippen molar-refractivity contribution in [3.05, 3.63) is 65.7 Å². The van der Waals surface area contributed by atoms with Crippen LogP contribution in [0.4, 0.5) is 28.9 Å². The number of nitrogens with one attached hydrogen (secondary N) is 2. The molecule has 3 rings (SSSR count). The van der Waals surface area contributed by atoms with Crippen molar-refractivity contribution in [2.75, 3.05) is 16.4 Å². The number of hydrogen-bond donors (Lipinski definition) is 2. The van der Waals surface area contributed by atoms with Crippen molar-refractivity contribution in [1.29, 1.82) is 0 Å². The van der Waals surface area contributed by atoms with Crippen LogP contribution in [0.3, 0.4) is 0 Å². The van der Waals surface area contributed by atoms with E-state index < -0.39 is 23.5 Å². The van der Waals surface area contributed by atoms with Crippen LogP contribution in [0.1, 0.15) is 18.3 Å². The molecule has 0 aliphatic carbocycles. The molecular weight excluding hydrogens is 462 g/mol. The fourth-order valence-electron chi connectivity index (χ4n) is 2.86. The van der Waals surface area contributed by atoms with Crippen LogP contribution in [0.5, 0.6) is 0 Å². The molecule has 0 radical (unpaired) electrons. The molecule has 0 aliphatic heterocycles. The monoisotopic (exact) mass is 481 g/mol. The lowest BCUT2D eigenvalue weighted by Crippen LogP contribution is -2.18. The first-order chi connectivity index (χ1) is 15.7. The van der Waals surface area contributed by atoms with Gasteiger partial charge in [-0.2, -0.15) is 13.2 Å². The highest BCUT2D eigenvalue weighted by molar-refractivity contribution is 7.99. The third-order valence-corrected chi connectivity index (χ3v) is 5.33. The maximum absolute atomic E-state index is 13.0. The van der Waals surface area contributed by atoms with Crippen LogP contribution in [0.15, 0.2) is 53.7 Å². The standard InChI is InChI=1S/C21H19F4N5O2S/c1-2-30-17(11-18(31)26-15-8-6-14(22)7-9-15)28-29-20(30)33-12-19(32)27-16-5-3-4-13(10-16)21(23,24)25/h3-10H,2,11-12H2,1H3,(H,26,31)(H,27,32). The highest BCUT2D eigenvalue weighted by Gasteiger charge is 2.30. The largest absolute Gasteiger partial charge is 0.416 e. The number of anilines is 2. The van der Waals surface area contributed by atoms with Crippen molar-refractivity contribution in [3.8, 4) is 0 Å². The SMILES string of the molecule is CCn1c(CC(=O)Nc2ccc(F)cc2)nnc1SCC(=O)Nc1cccc(C(F)(F)F)c1. The molecule has 1 aromatic heterocycles. The smallest absolute Gasteiger partial charge is 0.326 e. The zero-order valence-electron chi connectivity index (χ0n) is 17.3. The summed E-state index contributed by atoms with van der Waals surface area (Å²) in [6, 6.07) is 9.67. The quantitative estimate of drug-likeness (QED) is 0.369. The van der Waals surface area contributed by atoms with Gasteiger partial charge in [-0.25, -0.2) is 4.39 Å². The van der Waals surface area contributed by atoms with Crippen molar-refractivity contribution < 1.29 is 27.2 Å². The lowest BCUT2D eigenvalue weighted by molar-refractivity contribution is -0.137. The van der Waals surface area contributed by atoms with Crippen molar-refractivity contribution in [2.24, 2.45) is 0 Å². The number of alkyl halides is 3. The first-order valence-corrected chi connectivity index (χ1v) is 10.7. The lowest BCUT2D eigenvalue weighted by Gasteiger charge is -2.10. The third-order valence-electron chi connectivity index (χ3n) is 4.36. The molecule has 0 fully saturated rings. The predicted octanol–water partition coefficient (Wildman–Crippen LogP) is 4.37. The van der Waals surface area contributed by atoms with Crippen molar-refractivity contribution in [2.45, 2.75) is 31.2 Å². The third kappa shape index (κ3) is 6.78. The van der Waals surface area contributed by atoms with Gasteiger partial charge in [0.05, 0.1) is 17.7 Å². The van der Waals surface area contributed by atoms with Gasteiger partial charge in [-0.15, -0.1) is 10.2 Å². The Kier molecular flexibility index (Phi) is 7.69. The van der Waals surface area contributed by atoms with E-state index in [9.17, 15) is 27.2 Å². The maximum atomic E-state index is 13.0. The molecule has 3 aromatic rings. The Morgan fingerprint density at radius 3 is 2.36 bits per heavy atom. The lowest BCUT2D eigenvalue weighted by atomic mass is 10.2. The summed E-state index contributed by atoms with van der Waals surface area (Å²) in [5, 5.41) is 13.4. The van der Waals surface area contributed by atoms with Crippen LogP contribution in [0.25, 0.3) is 0 Å². The van der Waals surface area contributed by atoms with Crippen LogP contribution in [-0.2, 0) is 28.7 Å². The van der Waals surface area contributed by atoms with E-state index in [1.54, 1.807) is 4.57 Å². The van der Waals surface area contributed by atoms with Gasteiger partial charge in [0.1, 0.15) is 11.6 Å². The molecule has 0 atom stereocenters. The number of hydrogen-bond acceptors (Lipinski definition) is 5. The molecule has 0 bridgehead atoms. The second-order valence-electron chi connectivity index (χ2n) is 6.79. The van der Waals surface area contributed by atoms with E-state index in [-0.39, 0.29) is 23.8 Å². The molecule has 0 unspecified atom stereocenters. The Balaban J connectivity index is 1.58. The molecule has 0 saturated heterocycles. The first kappa shape index (κ1) is 24.2. The number of amides is 2. The minimum absolute atomic E-state index is 0.0329. The molecule has 12 heteroatoms. The van der Waals surface area contributed by atoms with E-state index in [1.165, 1.54) is 36.4 Å². The van der Waals surface area contributed by atoms with Crippen molar-refractivity contribution in [3.63, 3.8) is 0 Å². The Bertz CT molecular complexity index is 1130. The molecule has 2 aromatic carbocycles. The fourth-order valence-corrected chi connectivity index (χ4v) is 3.68. The van der Waals surface area contributed by atoms with E-state index in [4.69, 9.17) is 0 Å². The number of rotatable bonds is 8. The highest BCUT2D eigenvalue weighted by Crippen LogP contribution is 2.30. The Morgan fingerprint density at radius 1 is 1.00 bits per heavy atom. The Morgan fingerprint density at radius 2 is 1.70 bits per heavy atom. The normalized spacial score (nSPS) is 11.3. The number of carbonyl (C=O) groups is 2. The van der Waals surface area contributed by atoms with Gasteiger partial charge in [0.15, 0.2) is 5.16 Å². The zero-order valence-corrected chi connectivity index (χ0v) is 18.1. The van der Waals surface area contributed by atoms with Gasteiger partial charge in [-0.05, 0) is 49.4 Å². The topological polar surface area (TPSA) is 88.9 Å². The van der Waals surface area contributed by atoms with E-state index in [2.05, 4.69) is 20.8 Å². The molecule has 1 heterocycles. The van der Waals surface area contributed by atoms with Crippen LogP contribution in [0.2, 0.25) is 0 Å². The van der Waals surface area contributed by atoms with Crippen molar-refractivity contribution >= 4 is 35.0 Å². The van der Waals surface area contributed by atoms with Gasteiger partial charge in [-0.1, -0.05) is 17.8 Å². The summed E-state index contributed by atoms with van der Waals surface area (Å²) >= 11 is 1.04. The summed E-state index contributed by atoms with van der Waals surface area (Å²) in [7, 11) is 0. The Hall–Kier alpha value is -3.41. The second kappa shape index (κ2) is 10.5. The van der Waals surface area contributed by atoms with Gasteiger partial charge < -0.3 is 15.2 Å². The summed E-state index contributed by atoms with van der Waals surface area (Å²) in [4.78, 5) is 24.5. The molecule has 174 valence electrons. The number of nitrogens with zero attached hydrogens (tertiary/aromatic N) is 3. The summed E-state index contributed by atoms with van der Waals surface area (Å²) in [6.07, 6.45) is -4.60. The summed E-state index contributed by atoms with van der Waals surface area (Å²) in [5.74, 6) is -1.05. The first-order valence-electron chi connectivity index (χ1n) is 9.73. The molecule has 2 N–H and O–H groups in total. The molecular formula is C21H19F4N5O2S. The molecule has 0 saturated carbocycles. The van der Waals surface area contributed by atoms with E-state index in [1.807, 2.05) is 6.92 Å². The van der Waals surface area contributed by atoms with Gasteiger partial charge in [-0.3, -0.25) is 9.59 Å². The van der Waals surface area contributed by atoms with Gasteiger partial charge >= 0.3 is 6.18 Å². The summed E-state index contributed by atoms with van der Waals surface area (Å²) < 4.78 is 53.1. The zero-order chi connectivity index (χ0) is 24.0. The molecule has 2 amide bonds. The molecule has 33 heavy (non-hydrogen) atoms. The van der Waals surface area contributed by atoms with Crippen LogP contribution < -0.4 is 10.6 Å². The van der Waals surface area contributed by atoms with E-state index >= 15 is 0 Å². The minimum Gasteiger partial charge on any atom is -0.326 e.